The maximum Gasteiger partial charge on any atom is 0.123 e. The molecule has 94 valence electrons. The molecule has 0 aromatic heterocycles. The number of rotatable bonds is 3. The zero-order chi connectivity index (χ0) is 13.1. The molecule has 0 atom stereocenters. The molecule has 0 amide bonds. The molecular formula is C14H12Cl2FN. The van der Waals surface area contributed by atoms with Crippen LogP contribution >= 0.6 is 23.2 Å². The van der Waals surface area contributed by atoms with Gasteiger partial charge in [-0.2, -0.15) is 0 Å². The summed E-state index contributed by atoms with van der Waals surface area (Å²) in [5.74, 6) is -0.288. The molecule has 0 aliphatic heterocycles. The van der Waals surface area contributed by atoms with Gasteiger partial charge in [0, 0.05) is 22.3 Å². The Balaban J connectivity index is 2.13. The molecule has 0 aliphatic rings. The summed E-state index contributed by atoms with van der Waals surface area (Å²) >= 11 is 11.9. The fourth-order valence-corrected chi connectivity index (χ4v) is 2.11. The van der Waals surface area contributed by atoms with Gasteiger partial charge in [0.05, 0.1) is 0 Å². The SMILES string of the molecule is Cc1cc(Cl)ccc1NCc1cc(F)ccc1Cl. The molecule has 1 nitrogen and oxygen atoms in total. The van der Waals surface area contributed by atoms with E-state index in [9.17, 15) is 4.39 Å². The lowest BCUT2D eigenvalue weighted by Crippen LogP contribution is -2.02. The molecule has 1 N–H and O–H groups in total. The summed E-state index contributed by atoms with van der Waals surface area (Å²) in [7, 11) is 0. The third-order valence-corrected chi connectivity index (χ3v) is 3.27. The zero-order valence-corrected chi connectivity index (χ0v) is 11.3. The highest BCUT2D eigenvalue weighted by molar-refractivity contribution is 6.31. The first-order valence-corrected chi connectivity index (χ1v) is 6.26. The first kappa shape index (κ1) is 13.2. The van der Waals surface area contributed by atoms with Gasteiger partial charge in [0.15, 0.2) is 0 Å². The second kappa shape index (κ2) is 5.59. The van der Waals surface area contributed by atoms with Crippen molar-refractivity contribution in [1.29, 1.82) is 0 Å². The number of benzene rings is 2. The smallest absolute Gasteiger partial charge is 0.123 e. The quantitative estimate of drug-likeness (QED) is 0.831. The molecule has 4 heteroatoms. The second-order valence-corrected chi connectivity index (χ2v) is 4.89. The largest absolute Gasteiger partial charge is 0.381 e. The van der Waals surface area contributed by atoms with Crippen LogP contribution in [0.1, 0.15) is 11.1 Å². The number of anilines is 1. The van der Waals surface area contributed by atoms with Gasteiger partial charge >= 0.3 is 0 Å². The molecule has 18 heavy (non-hydrogen) atoms. The van der Waals surface area contributed by atoms with Crippen molar-refractivity contribution in [2.45, 2.75) is 13.5 Å². The van der Waals surface area contributed by atoms with Crippen molar-refractivity contribution in [2.24, 2.45) is 0 Å². The third-order valence-electron chi connectivity index (χ3n) is 2.67. The molecule has 0 heterocycles. The predicted octanol–water partition coefficient (Wildman–Crippen LogP) is 5.05. The summed E-state index contributed by atoms with van der Waals surface area (Å²) < 4.78 is 13.1. The summed E-state index contributed by atoms with van der Waals surface area (Å²) in [4.78, 5) is 0. The Hall–Kier alpha value is -1.25. The average Bonchev–Trinajstić information content (AvgIpc) is 2.32. The highest BCUT2D eigenvalue weighted by atomic mass is 35.5. The molecule has 0 fully saturated rings. The lowest BCUT2D eigenvalue weighted by molar-refractivity contribution is 0.626. The highest BCUT2D eigenvalue weighted by Crippen LogP contribution is 2.22. The van der Waals surface area contributed by atoms with E-state index in [1.807, 2.05) is 25.1 Å². The van der Waals surface area contributed by atoms with E-state index in [1.54, 1.807) is 6.07 Å². The van der Waals surface area contributed by atoms with Crippen molar-refractivity contribution in [3.05, 3.63) is 63.4 Å². The van der Waals surface area contributed by atoms with E-state index in [1.165, 1.54) is 12.1 Å². The van der Waals surface area contributed by atoms with Crippen LogP contribution in [0.5, 0.6) is 0 Å². The normalized spacial score (nSPS) is 10.4. The Labute approximate surface area is 116 Å². The number of hydrogen-bond donors (Lipinski definition) is 1. The van der Waals surface area contributed by atoms with E-state index in [0.717, 1.165) is 16.8 Å². The Morgan fingerprint density at radius 3 is 2.61 bits per heavy atom. The number of halogens is 3. The van der Waals surface area contributed by atoms with E-state index in [-0.39, 0.29) is 5.82 Å². The van der Waals surface area contributed by atoms with Crippen molar-refractivity contribution in [3.8, 4) is 0 Å². The molecule has 0 spiro atoms. The molecular weight excluding hydrogens is 272 g/mol. The minimum absolute atomic E-state index is 0.288. The Bertz CT molecular complexity index is 570. The van der Waals surface area contributed by atoms with E-state index in [0.29, 0.717) is 16.6 Å². The van der Waals surface area contributed by atoms with Crippen molar-refractivity contribution >= 4 is 28.9 Å². The van der Waals surface area contributed by atoms with Crippen molar-refractivity contribution in [1.82, 2.24) is 0 Å². The maximum atomic E-state index is 13.1. The summed E-state index contributed by atoms with van der Waals surface area (Å²) in [5.41, 5.74) is 2.72. The number of hydrogen-bond acceptors (Lipinski definition) is 1. The van der Waals surface area contributed by atoms with Crippen LogP contribution in [0.3, 0.4) is 0 Å². The van der Waals surface area contributed by atoms with E-state index >= 15 is 0 Å². The molecule has 0 saturated heterocycles. The van der Waals surface area contributed by atoms with Crippen LogP contribution in [-0.2, 0) is 6.54 Å². The molecule has 0 saturated carbocycles. The molecule has 2 aromatic rings. The van der Waals surface area contributed by atoms with Crippen LogP contribution < -0.4 is 5.32 Å². The van der Waals surface area contributed by atoms with Crippen LogP contribution in [-0.4, -0.2) is 0 Å². The van der Waals surface area contributed by atoms with Crippen LogP contribution in [0.15, 0.2) is 36.4 Å². The topological polar surface area (TPSA) is 12.0 Å². The van der Waals surface area contributed by atoms with Crippen LogP contribution in [0.4, 0.5) is 10.1 Å². The number of aryl methyl sites for hydroxylation is 1. The standard InChI is InChI=1S/C14H12Cl2FN/c1-9-6-11(15)2-5-14(9)18-8-10-7-12(17)3-4-13(10)16/h2-7,18H,8H2,1H3. The van der Waals surface area contributed by atoms with Gasteiger partial charge < -0.3 is 5.32 Å². The first-order valence-electron chi connectivity index (χ1n) is 5.50. The van der Waals surface area contributed by atoms with Crippen molar-refractivity contribution < 1.29 is 4.39 Å². The van der Waals surface area contributed by atoms with E-state index in [2.05, 4.69) is 5.32 Å². The van der Waals surface area contributed by atoms with E-state index in [4.69, 9.17) is 23.2 Å². The summed E-state index contributed by atoms with van der Waals surface area (Å²) in [6, 6.07) is 9.91. The minimum atomic E-state index is -0.288. The third kappa shape index (κ3) is 3.15. The fourth-order valence-electron chi connectivity index (χ4n) is 1.69. The van der Waals surface area contributed by atoms with Crippen molar-refractivity contribution in [2.75, 3.05) is 5.32 Å². The van der Waals surface area contributed by atoms with Gasteiger partial charge in [0.2, 0.25) is 0 Å². The van der Waals surface area contributed by atoms with Gasteiger partial charge in [-0.3, -0.25) is 0 Å². The Morgan fingerprint density at radius 2 is 1.89 bits per heavy atom. The average molecular weight is 284 g/mol. The van der Waals surface area contributed by atoms with Gasteiger partial charge in [0.1, 0.15) is 5.82 Å². The minimum Gasteiger partial charge on any atom is -0.381 e. The fraction of sp³-hybridized carbons (Fsp3) is 0.143. The lowest BCUT2D eigenvalue weighted by atomic mass is 10.1. The summed E-state index contributed by atoms with van der Waals surface area (Å²) in [6.07, 6.45) is 0. The molecule has 2 aromatic carbocycles. The lowest BCUT2D eigenvalue weighted by Gasteiger charge is -2.11. The molecule has 0 bridgehead atoms. The van der Waals surface area contributed by atoms with Gasteiger partial charge in [-0.05, 0) is 54.4 Å². The second-order valence-electron chi connectivity index (χ2n) is 4.05. The Kier molecular flexibility index (Phi) is 4.10. The molecule has 0 radical (unpaired) electrons. The first-order chi connectivity index (χ1) is 8.56. The predicted molar refractivity (Wildman–Crippen MR) is 74.9 cm³/mol. The molecule has 0 unspecified atom stereocenters. The van der Waals surface area contributed by atoms with Gasteiger partial charge in [-0.15, -0.1) is 0 Å². The van der Waals surface area contributed by atoms with Crippen LogP contribution in [0.25, 0.3) is 0 Å². The van der Waals surface area contributed by atoms with Gasteiger partial charge in [0.25, 0.3) is 0 Å². The molecule has 2 rings (SSSR count). The molecule has 0 aliphatic carbocycles. The van der Waals surface area contributed by atoms with Crippen LogP contribution in [0, 0.1) is 12.7 Å². The maximum absolute atomic E-state index is 13.1. The van der Waals surface area contributed by atoms with Gasteiger partial charge in [-0.1, -0.05) is 23.2 Å². The number of nitrogens with one attached hydrogen (secondary N) is 1. The van der Waals surface area contributed by atoms with Crippen LogP contribution in [0.2, 0.25) is 10.0 Å². The zero-order valence-electron chi connectivity index (χ0n) is 9.81. The van der Waals surface area contributed by atoms with Gasteiger partial charge in [-0.25, -0.2) is 4.39 Å². The Morgan fingerprint density at radius 1 is 1.11 bits per heavy atom. The summed E-state index contributed by atoms with van der Waals surface area (Å²) in [5, 5.41) is 4.46. The van der Waals surface area contributed by atoms with Crippen molar-refractivity contribution in [3.63, 3.8) is 0 Å². The van der Waals surface area contributed by atoms with E-state index < -0.39 is 0 Å². The monoisotopic (exact) mass is 283 g/mol. The summed E-state index contributed by atoms with van der Waals surface area (Å²) in [6.45, 7) is 2.43. The highest BCUT2D eigenvalue weighted by Gasteiger charge is 2.03.